The Labute approximate surface area is 120 Å². The van der Waals surface area contributed by atoms with Gasteiger partial charge in [0, 0.05) is 43.4 Å². The van der Waals surface area contributed by atoms with Crippen LogP contribution in [0.25, 0.3) is 0 Å². The Morgan fingerprint density at radius 1 is 1.47 bits per heavy atom. The SMILES string of the molecule is COCC(CNCc1ccc(Br)cc1[N+](=O)[O-])OC. The number of ether oxygens (including phenoxy) is 2. The van der Waals surface area contributed by atoms with E-state index in [1.165, 1.54) is 6.07 Å². The van der Waals surface area contributed by atoms with Gasteiger partial charge in [0.1, 0.15) is 0 Å². The van der Waals surface area contributed by atoms with Gasteiger partial charge in [-0.25, -0.2) is 0 Å². The number of hydrogen-bond donors (Lipinski definition) is 1. The molecule has 0 aromatic heterocycles. The largest absolute Gasteiger partial charge is 0.382 e. The molecule has 1 rings (SSSR count). The van der Waals surface area contributed by atoms with Crippen LogP contribution in [0.2, 0.25) is 0 Å². The van der Waals surface area contributed by atoms with Gasteiger partial charge in [-0.05, 0) is 12.1 Å². The molecule has 7 heteroatoms. The van der Waals surface area contributed by atoms with Gasteiger partial charge in [0.05, 0.1) is 17.6 Å². The summed E-state index contributed by atoms with van der Waals surface area (Å²) in [5.74, 6) is 0. The van der Waals surface area contributed by atoms with Gasteiger partial charge in [-0.2, -0.15) is 0 Å². The third kappa shape index (κ3) is 5.23. The van der Waals surface area contributed by atoms with Crippen LogP contribution in [0.1, 0.15) is 5.56 Å². The third-order valence-electron chi connectivity index (χ3n) is 2.62. The lowest BCUT2D eigenvalue weighted by Gasteiger charge is -2.15. The minimum atomic E-state index is -0.384. The maximum atomic E-state index is 10.9. The maximum absolute atomic E-state index is 10.9. The highest BCUT2D eigenvalue weighted by atomic mass is 79.9. The van der Waals surface area contributed by atoms with E-state index >= 15 is 0 Å². The summed E-state index contributed by atoms with van der Waals surface area (Å²) in [4.78, 5) is 10.6. The highest BCUT2D eigenvalue weighted by molar-refractivity contribution is 9.10. The third-order valence-corrected chi connectivity index (χ3v) is 3.11. The van der Waals surface area contributed by atoms with E-state index in [9.17, 15) is 10.1 Å². The minimum absolute atomic E-state index is 0.0699. The number of benzene rings is 1. The van der Waals surface area contributed by atoms with E-state index < -0.39 is 0 Å². The summed E-state index contributed by atoms with van der Waals surface area (Å²) in [5, 5.41) is 14.1. The predicted molar refractivity (Wildman–Crippen MR) is 75.2 cm³/mol. The molecule has 0 heterocycles. The molecule has 0 saturated heterocycles. The predicted octanol–water partition coefficient (Wildman–Crippen LogP) is 2.11. The van der Waals surface area contributed by atoms with Crippen LogP contribution in [0.15, 0.2) is 22.7 Å². The fourth-order valence-corrected chi connectivity index (χ4v) is 1.97. The van der Waals surface area contributed by atoms with Crippen LogP contribution in [0.5, 0.6) is 0 Å². The van der Waals surface area contributed by atoms with Crippen molar-refractivity contribution in [3.05, 3.63) is 38.3 Å². The summed E-state index contributed by atoms with van der Waals surface area (Å²) < 4.78 is 10.9. The van der Waals surface area contributed by atoms with E-state index in [-0.39, 0.29) is 16.7 Å². The smallest absolute Gasteiger partial charge is 0.275 e. The Hall–Kier alpha value is -1.02. The van der Waals surface area contributed by atoms with Crippen LogP contribution in [-0.2, 0) is 16.0 Å². The van der Waals surface area contributed by atoms with Crippen LogP contribution in [0.4, 0.5) is 5.69 Å². The molecule has 0 amide bonds. The van der Waals surface area contributed by atoms with Crippen molar-refractivity contribution in [3.8, 4) is 0 Å². The molecule has 0 spiro atoms. The first-order chi connectivity index (χ1) is 9.08. The molecule has 6 nitrogen and oxygen atoms in total. The summed E-state index contributed by atoms with van der Waals surface area (Å²) >= 11 is 3.23. The fraction of sp³-hybridized carbons (Fsp3) is 0.500. The summed E-state index contributed by atoms with van der Waals surface area (Å²) in [6, 6.07) is 5.01. The van der Waals surface area contributed by atoms with Crippen molar-refractivity contribution in [1.29, 1.82) is 0 Å². The molecule has 0 aliphatic carbocycles. The monoisotopic (exact) mass is 332 g/mol. The first-order valence-corrected chi connectivity index (χ1v) is 6.53. The second-order valence-electron chi connectivity index (χ2n) is 3.97. The molecule has 0 bridgehead atoms. The first kappa shape index (κ1) is 16.0. The van der Waals surface area contributed by atoms with Gasteiger partial charge < -0.3 is 14.8 Å². The van der Waals surface area contributed by atoms with Gasteiger partial charge in [-0.1, -0.05) is 15.9 Å². The number of nitrogens with zero attached hydrogens (tertiary/aromatic N) is 1. The Balaban J connectivity index is 2.60. The number of methoxy groups -OCH3 is 2. The van der Waals surface area contributed by atoms with E-state index in [2.05, 4.69) is 21.2 Å². The number of halogens is 1. The molecular weight excluding hydrogens is 316 g/mol. The maximum Gasteiger partial charge on any atom is 0.275 e. The van der Waals surface area contributed by atoms with Crippen LogP contribution >= 0.6 is 15.9 Å². The Bertz CT molecular complexity index is 428. The van der Waals surface area contributed by atoms with Crippen molar-refractivity contribution in [2.75, 3.05) is 27.4 Å². The Morgan fingerprint density at radius 2 is 2.21 bits per heavy atom. The molecule has 19 heavy (non-hydrogen) atoms. The summed E-state index contributed by atoms with van der Waals surface area (Å²) in [6.45, 7) is 1.46. The molecule has 0 fully saturated rings. The zero-order valence-electron chi connectivity index (χ0n) is 10.9. The van der Waals surface area contributed by atoms with Gasteiger partial charge in [-0.15, -0.1) is 0 Å². The molecule has 1 aromatic carbocycles. The number of nitro benzene ring substituents is 1. The minimum Gasteiger partial charge on any atom is -0.382 e. The molecule has 0 aliphatic heterocycles. The molecule has 0 saturated carbocycles. The zero-order chi connectivity index (χ0) is 14.3. The Morgan fingerprint density at radius 3 is 2.79 bits per heavy atom. The van der Waals surface area contributed by atoms with Crippen LogP contribution in [0.3, 0.4) is 0 Å². The van der Waals surface area contributed by atoms with Crippen molar-refractivity contribution in [2.24, 2.45) is 0 Å². The molecule has 1 N–H and O–H groups in total. The van der Waals surface area contributed by atoms with Gasteiger partial charge in [0.15, 0.2) is 0 Å². The van der Waals surface area contributed by atoms with E-state index in [4.69, 9.17) is 9.47 Å². The van der Waals surface area contributed by atoms with Gasteiger partial charge in [-0.3, -0.25) is 10.1 Å². The molecule has 1 unspecified atom stereocenters. The van der Waals surface area contributed by atoms with Gasteiger partial charge in [0.2, 0.25) is 0 Å². The lowest BCUT2D eigenvalue weighted by atomic mass is 10.2. The van der Waals surface area contributed by atoms with Crippen molar-refractivity contribution < 1.29 is 14.4 Å². The molecule has 1 aromatic rings. The number of nitrogens with one attached hydrogen (secondary N) is 1. The van der Waals surface area contributed by atoms with E-state index in [0.29, 0.717) is 29.7 Å². The Kier molecular flexibility index (Phi) is 6.93. The molecular formula is C12H17BrN2O4. The quantitative estimate of drug-likeness (QED) is 0.583. The molecule has 106 valence electrons. The van der Waals surface area contributed by atoms with Crippen LogP contribution in [0, 0.1) is 10.1 Å². The van der Waals surface area contributed by atoms with E-state index in [0.717, 1.165) is 0 Å². The van der Waals surface area contributed by atoms with Crippen molar-refractivity contribution >= 4 is 21.6 Å². The average Bonchev–Trinajstić information content (AvgIpc) is 2.39. The number of nitro groups is 1. The topological polar surface area (TPSA) is 73.6 Å². The molecule has 0 radical (unpaired) electrons. The highest BCUT2D eigenvalue weighted by Crippen LogP contribution is 2.23. The van der Waals surface area contributed by atoms with Crippen molar-refractivity contribution in [3.63, 3.8) is 0 Å². The first-order valence-electron chi connectivity index (χ1n) is 5.73. The summed E-state index contributed by atoms with van der Waals surface area (Å²) in [7, 11) is 3.21. The molecule has 0 aliphatic rings. The molecule has 1 atom stereocenters. The van der Waals surface area contributed by atoms with Gasteiger partial charge in [0.25, 0.3) is 5.69 Å². The normalized spacial score (nSPS) is 12.4. The highest BCUT2D eigenvalue weighted by Gasteiger charge is 2.14. The summed E-state index contributed by atoms with van der Waals surface area (Å²) in [6.07, 6.45) is -0.0699. The average molecular weight is 333 g/mol. The lowest BCUT2D eigenvalue weighted by Crippen LogP contribution is -2.31. The van der Waals surface area contributed by atoms with E-state index in [1.54, 1.807) is 26.4 Å². The van der Waals surface area contributed by atoms with Crippen LogP contribution < -0.4 is 5.32 Å². The van der Waals surface area contributed by atoms with Crippen molar-refractivity contribution in [2.45, 2.75) is 12.6 Å². The second kappa shape index (κ2) is 8.21. The standard InChI is InChI=1S/C12H17BrN2O4/c1-18-8-11(19-2)7-14-6-9-3-4-10(13)5-12(9)15(16)17/h3-5,11,14H,6-8H2,1-2H3. The second-order valence-corrected chi connectivity index (χ2v) is 4.89. The van der Waals surface area contributed by atoms with Crippen LogP contribution in [-0.4, -0.2) is 38.4 Å². The fourth-order valence-electron chi connectivity index (χ4n) is 1.62. The van der Waals surface area contributed by atoms with E-state index in [1.807, 2.05) is 0 Å². The lowest BCUT2D eigenvalue weighted by molar-refractivity contribution is -0.385. The number of hydrogen-bond acceptors (Lipinski definition) is 5. The summed E-state index contributed by atoms with van der Waals surface area (Å²) in [5.41, 5.74) is 0.739. The number of rotatable bonds is 8. The zero-order valence-corrected chi connectivity index (χ0v) is 12.5. The van der Waals surface area contributed by atoms with Gasteiger partial charge >= 0.3 is 0 Å². The van der Waals surface area contributed by atoms with Crippen molar-refractivity contribution in [1.82, 2.24) is 5.32 Å².